The number of ether oxygens (including phenoxy) is 1. The average molecular weight is 390 g/mol. The Hall–Kier alpha value is -1.63. The van der Waals surface area contributed by atoms with Crippen molar-refractivity contribution in [2.45, 2.75) is 46.8 Å². The Labute approximate surface area is 171 Å². The number of nitrogens with one attached hydrogen (secondary N) is 2. The van der Waals surface area contributed by atoms with E-state index < -0.39 is 0 Å². The number of benzene rings is 1. The molecular weight excluding hydrogens is 350 g/mol. The van der Waals surface area contributed by atoms with Gasteiger partial charge in [0, 0.05) is 38.8 Å². The van der Waals surface area contributed by atoms with Crippen LogP contribution in [0.15, 0.2) is 29.3 Å². The molecule has 28 heavy (non-hydrogen) atoms. The van der Waals surface area contributed by atoms with E-state index in [-0.39, 0.29) is 0 Å². The predicted molar refractivity (Wildman–Crippen MR) is 118 cm³/mol. The monoisotopic (exact) mass is 389 g/mol. The van der Waals surface area contributed by atoms with Crippen molar-refractivity contribution < 1.29 is 4.74 Å². The van der Waals surface area contributed by atoms with Crippen molar-refractivity contribution in [3.05, 3.63) is 35.4 Å². The van der Waals surface area contributed by atoms with Crippen LogP contribution in [0.4, 0.5) is 0 Å². The van der Waals surface area contributed by atoms with Gasteiger partial charge in [0.2, 0.25) is 0 Å². The van der Waals surface area contributed by atoms with Crippen molar-refractivity contribution in [2.75, 3.05) is 52.5 Å². The van der Waals surface area contributed by atoms with Crippen LogP contribution in [0.5, 0.6) is 0 Å². The fraction of sp³-hybridized carbons (Fsp3) is 0.682. The molecule has 1 atom stereocenters. The Morgan fingerprint density at radius 3 is 2.43 bits per heavy atom. The van der Waals surface area contributed by atoms with Gasteiger partial charge in [-0.3, -0.25) is 9.80 Å². The molecule has 0 saturated carbocycles. The number of hydrogen-bond acceptors (Lipinski definition) is 4. The summed E-state index contributed by atoms with van der Waals surface area (Å²) >= 11 is 0. The molecular formula is C22H39N5O. The van der Waals surface area contributed by atoms with Gasteiger partial charge in [-0.2, -0.15) is 0 Å². The molecule has 1 unspecified atom stereocenters. The minimum Gasteiger partial charge on any atom is -0.379 e. The lowest BCUT2D eigenvalue weighted by Crippen LogP contribution is -2.49. The Kier molecular flexibility index (Phi) is 10.3. The second-order valence-corrected chi connectivity index (χ2v) is 7.30. The molecule has 0 aromatic heterocycles. The van der Waals surface area contributed by atoms with Crippen molar-refractivity contribution in [3.63, 3.8) is 0 Å². The Balaban J connectivity index is 1.96. The SMILES string of the molecule is CCNC(=NCc1ccccc1CN(CC)CC)NCC(C)N1CCOCC1. The molecule has 6 nitrogen and oxygen atoms in total. The lowest BCUT2D eigenvalue weighted by atomic mass is 10.1. The number of nitrogens with zero attached hydrogens (tertiary/aromatic N) is 3. The van der Waals surface area contributed by atoms with Gasteiger partial charge >= 0.3 is 0 Å². The van der Waals surface area contributed by atoms with Gasteiger partial charge in [0.15, 0.2) is 5.96 Å². The fourth-order valence-corrected chi connectivity index (χ4v) is 3.45. The zero-order valence-corrected chi connectivity index (χ0v) is 18.2. The highest BCUT2D eigenvalue weighted by Crippen LogP contribution is 2.13. The van der Waals surface area contributed by atoms with E-state index in [1.807, 2.05) is 0 Å². The third-order valence-electron chi connectivity index (χ3n) is 5.39. The zero-order valence-electron chi connectivity index (χ0n) is 18.2. The summed E-state index contributed by atoms with van der Waals surface area (Å²) in [7, 11) is 0. The van der Waals surface area contributed by atoms with Gasteiger partial charge in [-0.25, -0.2) is 4.99 Å². The quantitative estimate of drug-likeness (QED) is 0.475. The van der Waals surface area contributed by atoms with E-state index in [2.05, 4.69) is 72.4 Å². The number of hydrogen-bond donors (Lipinski definition) is 2. The van der Waals surface area contributed by atoms with E-state index in [1.165, 1.54) is 11.1 Å². The van der Waals surface area contributed by atoms with Crippen molar-refractivity contribution in [3.8, 4) is 0 Å². The Morgan fingerprint density at radius 2 is 1.79 bits per heavy atom. The molecule has 0 spiro atoms. The maximum Gasteiger partial charge on any atom is 0.191 e. The van der Waals surface area contributed by atoms with Gasteiger partial charge in [0.1, 0.15) is 0 Å². The summed E-state index contributed by atoms with van der Waals surface area (Å²) < 4.78 is 5.45. The summed E-state index contributed by atoms with van der Waals surface area (Å²) in [5, 5.41) is 6.90. The van der Waals surface area contributed by atoms with E-state index in [9.17, 15) is 0 Å². The van der Waals surface area contributed by atoms with Crippen LogP contribution in [-0.2, 0) is 17.8 Å². The molecule has 1 aliphatic rings. The normalized spacial score (nSPS) is 17.0. The van der Waals surface area contributed by atoms with Gasteiger partial charge in [0.25, 0.3) is 0 Å². The third-order valence-corrected chi connectivity index (χ3v) is 5.39. The van der Waals surface area contributed by atoms with Gasteiger partial charge < -0.3 is 15.4 Å². The van der Waals surface area contributed by atoms with Crippen molar-refractivity contribution in [1.29, 1.82) is 0 Å². The first-order valence-corrected chi connectivity index (χ1v) is 10.8. The highest BCUT2D eigenvalue weighted by Gasteiger charge is 2.17. The molecule has 1 aliphatic heterocycles. The summed E-state index contributed by atoms with van der Waals surface area (Å²) in [6.45, 7) is 18.0. The third kappa shape index (κ3) is 7.41. The maximum atomic E-state index is 5.45. The van der Waals surface area contributed by atoms with E-state index in [1.54, 1.807) is 0 Å². The summed E-state index contributed by atoms with van der Waals surface area (Å²) in [6.07, 6.45) is 0. The number of rotatable bonds is 10. The smallest absolute Gasteiger partial charge is 0.191 e. The average Bonchev–Trinajstić information content (AvgIpc) is 2.75. The highest BCUT2D eigenvalue weighted by molar-refractivity contribution is 5.79. The fourth-order valence-electron chi connectivity index (χ4n) is 3.45. The number of guanidine groups is 1. The van der Waals surface area contributed by atoms with Gasteiger partial charge in [-0.05, 0) is 38.1 Å². The second kappa shape index (κ2) is 12.8. The molecule has 2 N–H and O–H groups in total. The minimum atomic E-state index is 0.461. The molecule has 1 aromatic rings. The molecule has 2 rings (SSSR count). The van der Waals surface area contributed by atoms with Crippen molar-refractivity contribution in [2.24, 2.45) is 4.99 Å². The van der Waals surface area contributed by atoms with Crippen LogP contribution in [0.3, 0.4) is 0 Å². The van der Waals surface area contributed by atoms with E-state index >= 15 is 0 Å². The Morgan fingerprint density at radius 1 is 1.11 bits per heavy atom. The van der Waals surface area contributed by atoms with E-state index in [4.69, 9.17) is 9.73 Å². The summed E-state index contributed by atoms with van der Waals surface area (Å²) in [4.78, 5) is 9.77. The first-order valence-electron chi connectivity index (χ1n) is 10.8. The van der Waals surface area contributed by atoms with Gasteiger partial charge in [-0.1, -0.05) is 38.1 Å². The molecule has 6 heteroatoms. The first-order chi connectivity index (χ1) is 13.7. The lowest BCUT2D eigenvalue weighted by Gasteiger charge is -2.32. The summed E-state index contributed by atoms with van der Waals surface area (Å²) in [5.41, 5.74) is 2.67. The number of morpholine rings is 1. The van der Waals surface area contributed by atoms with Crippen LogP contribution in [0.1, 0.15) is 38.8 Å². The molecule has 0 aliphatic carbocycles. The second-order valence-electron chi connectivity index (χ2n) is 7.30. The van der Waals surface area contributed by atoms with Gasteiger partial charge in [-0.15, -0.1) is 0 Å². The van der Waals surface area contributed by atoms with Gasteiger partial charge in [0.05, 0.1) is 19.8 Å². The largest absolute Gasteiger partial charge is 0.379 e. The summed E-state index contributed by atoms with van der Waals surface area (Å²) in [6, 6.07) is 9.12. The van der Waals surface area contributed by atoms with Crippen LogP contribution >= 0.6 is 0 Å². The molecule has 1 heterocycles. The standard InChI is InChI=1S/C22H39N5O/c1-5-23-22(24-16-19(4)27-12-14-28-15-13-27)25-17-20-10-8-9-11-21(20)18-26(6-2)7-3/h8-11,19H,5-7,12-18H2,1-4H3,(H2,23,24,25). The highest BCUT2D eigenvalue weighted by atomic mass is 16.5. The maximum absolute atomic E-state index is 5.45. The summed E-state index contributed by atoms with van der Waals surface area (Å²) in [5.74, 6) is 0.889. The van der Waals surface area contributed by atoms with E-state index in [0.29, 0.717) is 12.6 Å². The van der Waals surface area contributed by atoms with Crippen LogP contribution in [-0.4, -0.2) is 74.3 Å². The van der Waals surface area contributed by atoms with E-state index in [0.717, 1.165) is 65.0 Å². The zero-order chi connectivity index (χ0) is 20.2. The predicted octanol–water partition coefficient (Wildman–Crippen LogP) is 2.30. The number of aliphatic imine (C=N–C) groups is 1. The van der Waals surface area contributed by atoms with Crippen molar-refractivity contribution in [1.82, 2.24) is 20.4 Å². The topological polar surface area (TPSA) is 52.1 Å². The first kappa shape index (κ1) is 22.7. The van der Waals surface area contributed by atoms with Crippen molar-refractivity contribution >= 4 is 5.96 Å². The minimum absolute atomic E-state index is 0.461. The molecule has 1 fully saturated rings. The molecule has 158 valence electrons. The molecule has 0 bridgehead atoms. The lowest BCUT2D eigenvalue weighted by molar-refractivity contribution is 0.0211. The van der Waals surface area contributed by atoms with Crippen LogP contribution in [0.2, 0.25) is 0 Å². The Bertz CT molecular complexity index is 582. The van der Waals surface area contributed by atoms with Crippen LogP contribution in [0, 0.1) is 0 Å². The molecule has 0 amide bonds. The molecule has 0 radical (unpaired) electrons. The van der Waals surface area contributed by atoms with Crippen LogP contribution < -0.4 is 10.6 Å². The molecule has 1 aromatic carbocycles. The molecule has 1 saturated heterocycles. The van der Waals surface area contributed by atoms with Crippen LogP contribution in [0.25, 0.3) is 0 Å².